The van der Waals surface area contributed by atoms with E-state index in [2.05, 4.69) is 0 Å². The van der Waals surface area contributed by atoms with Crippen LogP contribution in [0.5, 0.6) is 0 Å². The molecule has 0 aliphatic rings. The van der Waals surface area contributed by atoms with Crippen molar-refractivity contribution in [2.45, 2.75) is 38.4 Å². The molecular formula is C8H18Na2O6P2. The Bertz CT molecular complexity index is 312. The summed E-state index contributed by atoms with van der Waals surface area (Å²) in [5, 5.41) is 14.7. The van der Waals surface area contributed by atoms with E-state index in [1.54, 1.807) is 0 Å². The molecule has 0 aliphatic heterocycles. The van der Waals surface area contributed by atoms with Crippen molar-refractivity contribution < 1.29 is 88.2 Å². The second-order valence-electron chi connectivity index (χ2n) is 4.78. The SMILES string of the molecule is CC(C)(O)P(=O)([O-])CCP(=O)([O-])C(C)(C)O.[Na+].[Na+]. The van der Waals surface area contributed by atoms with Crippen LogP contribution in [0.2, 0.25) is 0 Å². The van der Waals surface area contributed by atoms with E-state index in [1.807, 2.05) is 0 Å². The summed E-state index contributed by atoms with van der Waals surface area (Å²) in [4.78, 5) is 22.9. The summed E-state index contributed by atoms with van der Waals surface area (Å²) in [6.07, 6.45) is -1.36. The molecule has 0 fully saturated rings. The molecule has 2 unspecified atom stereocenters. The van der Waals surface area contributed by atoms with Crippen LogP contribution in [-0.4, -0.2) is 33.2 Å². The molecule has 0 aromatic rings. The minimum Gasteiger partial charge on any atom is -0.797 e. The maximum atomic E-state index is 11.5. The van der Waals surface area contributed by atoms with Gasteiger partial charge in [0.15, 0.2) is 0 Å². The van der Waals surface area contributed by atoms with Crippen molar-refractivity contribution in [3.63, 3.8) is 0 Å². The van der Waals surface area contributed by atoms with Crippen LogP contribution in [0.3, 0.4) is 0 Å². The molecule has 0 radical (unpaired) electrons. The third-order valence-corrected chi connectivity index (χ3v) is 7.67. The van der Waals surface area contributed by atoms with Crippen molar-refractivity contribution in [1.82, 2.24) is 0 Å². The van der Waals surface area contributed by atoms with E-state index in [9.17, 15) is 29.1 Å². The summed E-state index contributed by atoms with van der Waals surface area (Å²) in [6, 6.07) is 0. The molecule has 0 rings (SSSR count). The van der Waals surface area contributed by atoms with E-state index < -0.39 is 37.7 Å². The van der Waals surface area contributed by atoms with Crippen molar-refractivity contribution >= 4 is 14.7 Å². The molecular weight excluding hydrogens is 300 g/mol. The largest absolute Gasteiger partial charge is 1.00 e. The van der Waals surface area contributed by atoms with Gasteiger partial charge in [0.25, 0.3) is 0 Å². The Hall–Kier alpha value is 2.30. The fourth-order valence-corrected chi connectivity index (χ4v) is 4.01. The average molecular weight is 318 g/mol. The van der Waals surface area contributed by atoms with E-state index in [1.165, 1.54) is 0 Å². The third kappa shape index (κ3) is 7.35. The Morgan fingerprint density at radius 1 is 0.833 bits per heavy atom. The summed E-state index contributed by atoms with van der Waals surface area (Å²) < 4.78 is 22.9. The Morgan fingerprint density at radius 2 is 1.00 bits per heavy atom. The van der Waals surface area contributed by atoms with Crippen LogP contribution in [0, 0.1) is 0 Å². The molecule has 18 heavy (non-hydrogen) atoms. The second kappa shape index (κ2) is 8.07. The molecule has 0 saturated heterocycles. The second-order valence-corrected chi connectivity index (χ2v) is 10.6. The maximum absolute atomic E-state index is 11.5. The van der Waals surface area contributed by atoms with Crippen LogP contribution in [0.25, 0.3) is 0 Å². The minimum atomic E-state index is -4.22. The van der Waals surface area contributed by atoms with E-state index in [4.69, 9.17) is 0 Å². The first-order valence-electron chi connectivity index (χ1n) is 4.76. The van der Waals surface area contributed by atoms with Crippen molar-refractivity contribution in [1.29, 1.82) is 0 Å². The van der Waals surface area contributed by atoms with Crippen LogP contribution >= 0.6 is 14.7 Å². The topological polar surface area (TPSA) is 121 Å². The van der Waals surface area contributed by atoms with Gasteiger partial charge in [-0.2, -0.15) is 0 Å². The van der Waals surface area contributed by atoms with Gasteiger partial charge in [0.05, 0.1) is 10.7 Å². The molecule has 0 amide bonds. The standard InChI is InChI=1S/C8H20O6P2.2Na/c1-7(2,9)15(11,12)5-6-16(13,14)8(3,4)10;;/h9-10H,5-6H2,1-4H3,(H,11,12)(H,13,14);;/q;2*+1/p-2. The zero-order chi connectivity index (χ0) is 13.4. The van der Waals surface area contributed by atoms with Crippen LogP contribution in [0.4, 0.5) is 0 Å². The normalized spacial score (nSPS) is 18.9. The van der Waals surface area contributed by atoms with Gasteiger partial charge in [-0.3, -0.25) is 0 Å². The van der Waals surface area contributed by atoms with Crippen LogP contribution in [-0.2, 0) is 9.13 Å². The molecule has 0 bridgehead atoms. The summed E-state index contributed by atoms with van der Waals surface area (Å²) in [7, 11) is -8.44. The maximum Gasteiger partial charge on any atom is 1.00 e. The molecule has 0 aromatic heterocycles. The Kier molecular flexibility index (Phi) is 11.3. The minimum absolute atomic E-state index is 0. The van der Waals surface area contributed by atoms with Gasteiger partial charge in [0.2, 0.25) is 0 Å². The monoisotopic (exact) mass is 318 g/mol. The first-order chi connectivity index (χ1) is 6.71. The molecule has 0 heterocycles. The van der Waals surface area contributed by atoms with Crippen LogP contribution in [0.15, 0.2) is 0 Å². The number of aliphatic hydroxyl groups is 2. The zero-order valence-electron chi connectivity index (χ0n) is 11.8. The Balaban J connectivity index is -0.00000112. The van der Waals surface area contributed by atoms with Gasteiger partial charge in [0.1, 0.15) is 0 Å². The molecule has 2 atom stereocenters. The van der Waals surface area contributed by atoms with E-state index in [0.717, 1.165) is 27.7 Å². The zero-order valence-corrected chi connectivity index (χ0v) is 17.6. The Labute approximate surface area is 152 Å². The van der Waals surface area contributed by atoms with Gasteiger partial charge < -0.3 is 29.1 Å². The first-order valence-corrected chi connectivity index (χ1v) is 8.38. The van der Waals surface area contributed by atoms with E-state index >= 15 is 0 Å². The summed E-state index contributed by atoms with van der Waals surface area (Å²) in [5.41, 5.74) is 0. The van der Waals surface area contributed by atoms with Gasteiger partial charge in [0, 0.05) is 14.7 Å². The van der Waals surface area contributed by atoms with Crippen LogP contribution < -0.4 is 68.9 Å². The Morgan fingerprint density at radius 3 is 1.11 bits per heavy atom. The fourth-order valence-electron chi connectivity index (χ4n) is 0.811. The van der Waals surface area contributed by atoms with Crippen molar-refractivity contribution in [2.24, 2.45) is 0 Å². The van der Waals surface area contributed by atoms with Crippen molar-refractivity contribution in [3.8, 4) is 0 Å². The molecule has 10 heteroatoms. The molecule has 0 aliphatic carbocycles. The molecule has 0 aromatic carbocycles. The van der Waals surface area contributed by atoms with Crippen molar-refractivity contribution in [3.05, 3.63) is 0 Å². The fraction of sp³-hybridized carbons (Fsp3) is 1.00. The molecule has 2 N–H and O–H groups in total. The summed E-state index contributed by atoms with van der Waals surface area (Å²) in [5.74, 6) is 0. The number of rotatable bonds is 5. The van der Waals surface area contributed by atoms with Gasteiger partial charge in [-0.25, -0.2) is 0 Å². The third-order valence-electron chi connectivity index (χ3n) is 2.36. The smallest absolute Gasteiger partial charge is 0.797 e. The molecule has 6 nitrogen and oxygen atoms in total. The molecule has 98 valence electrons. The average Bonchev–Trinajstić information content (AvgIpc) is 1.97. The van der Waals surface area contributed by atoms with Gasteiger partial charge in [-0.1, -0.05) is 0 Å². The van der Waals surface area contributed by atoms with Crippen LogP contribution in [0.1, 0.15) is 27.7 Å². The van der Waals surface area contributed by atoms with E-state index in [0.29, 0.717) is 0 Å². The van der Waals surface area contributed by atoms with Gasteiger partial charge in [-0.15, -0.1) is 0 Å². The summed E-state index contributed by atoms with van der Waals surface area (Å²) in [6.45, 7) is 4.34. The summed E-state index contributed by atoms with van der Waals surface area (Å²) >= 11 is 0. The first kappa shape index (κ1) is 25.3. The van der Waals surface area contributed by atoms with E-state index in [-0.39, 0.29) is 59.1 Å². The molecule has 0 saturated carbocycles. The van der Waals surface area contributed by atoms with Gasteiger partial charge >= 0.3 is 59.1 Å². The quantitative estimate of drug-likeness (QED) is 0.384. The predicted molar refractivity (Wildman–Crippen MR) is 57.5 cm³/mol. The van der Waals surface area contributed by atoms with Crippen molar-refractivity contribution in [2.75, 3.05) is 12.3 Å². The number of hydrogen-bond donors (Lipinski definition) is 2. The van der Waals surface area contributed by atoms with Gasteiger partial charge in [-0.05, 0) is 40.0 Å². The number of hydrogen-bond acceptors (Lipinski definition) is 6. The predicted octanol–water partition coefficient (Wildman–Crippen LogP) is -6.27. The molecule has 0 spiro atoms.